The van der Waals surface area contributed by atoms with Crippen molar-refractivity contribution in [1.82, 2.24) is 0 Å². The van der Waals surface area contributed by atoms with Crippen LogP contribution in [0.3, 0.4) is 0 Å². The molecule has 0 aromatic heterocycles. The minimum absolute atomic E-state index is 0.0664. The van der Waals surface area contributed by atoms with Crippen LogP contribution in [0.25, 0.3) is 0 Å². The van der Waals surface area contributed by atoms with Crippen molar-refractivity contribution in [1.29, 1.82) is 0 Å². The van der Waals surface area contributed by atoms with Gasteiger partial charge in [-0.15, -0.1) is 0 Å². The van der Waals surface area contributed by atoms with Crippen LogP contribution in [0.15, 0.2) is 24.3 Å². The number of rotatable bonds is 5. The SMILES string of the molecule is Cc1cccc(CCC(=O)C2CCCC(S(C)(=O)=O)C2)c1. The molecular formula is C17H24O3S. The molecule has 0 saturated heterocycles. The van der Waals surface area contributed by atoms with Crippen LogP contribution in [0.1, 0.15) is 43.2 Å². The van der Waals surface area contributed by atoms with Gasteiger partial charge in [0, 0.05) is 18.6 Å². The van der Waals surface area contributed by atoms with Crippen molar-refractivity contribution in [3.05, 3.63) is 35.4 Å². The highest BCUT2D eigenvalue weighted by Gasteiger charge is 2.31. The van der Waals surface area contributed by atoms with Gasteiger partial charge in [0.25, 0.3) is 0 Å². The molecule has 1 aromatic rings. The van der Waals surface area contributed by atoms with E-state index in [1.165, 1.54) is 17.4 Å². The van der Waals surface area contributed by atoms with E-state index in [0.29, 0.717) is 19.3 Å². The first-order valence-electron chi connectivity index (χ1n) is 7.63. The Hall–Kier alpha value is -1.16. The van der Waals surface area contributed by atoms with Crippen LogP contribution in [0.4, 0.5) is 0 Å². The highest BCUT2D eigenvalue weighted by Crippen LogP contribution is 2.30. The topological polar surface area (TPSA) is 51.2 Å². The van der Waals surface area contributed by atoms with Gasteiger partial charge in [-0.3, -0.25) is 4.79 Å². The minimum Gasteiger partial charge on any atom is -0.299 e. The van der Waals surface area contributed by atoms with Gasteiger partial charge in [0.1, 0.15) is 15.6 Å². The van der Waals surface area contributed by atoms with E-state index >= 15 is 0 Å². The monoisotopic (exact) mass is 308 g/mol. The van der Waals surface area contributed by atoms with Gasteiger partial charge in [0.2, 0.25) is 0 Å². The third-order valence-corrected chi connectivity index (χ3v) is 6.07. The summed E-state index contributed by atoms with van der Waals surface area (Å²) in [6, 6.07) is 8.20. The summed E-state index contributed by atoms with van der Waals surface area (Å²) in [5.74, 6) is 0.160. The molecule has 2 unspecified atom stereocenters. The molecule has 116 valence electrons. The van der Waals surface area contributed by atoms with Gasteiger partial charge in [-0.25, -0.2) is 8.42 Å². The van der Waals surface area contributed by atoms with Crippen molar-refractivity contribution in [2.75, 3.05) is 6.26 Å². The Morgan fingerprint density at radius 2 is 2.05 bits per heavy atom. The van der Waals surface area contributed by atoms with Crippen LogP contribution in [0.2, 0.25) is 0 Å². The molecule has 1 aliphatic rings. The zero-order valence-electron chi connectivity index (χ0n) is 12.8. The molecule has 1 fully saturated rings. The fraction of sp³-hybridized carbons (Fsp3) is 0.588. The van der Waals surface area contributed by atoms with Gasteiger partial charge in [-0.2, -0.15) is 0 Å². The Bertz CT molecular complexity index is 604. The van der Waals surface area contributed by atoms with Crippen LogP contribution in [-0.4, -0.2) is 25.7 Å². The quantitative estimate of drug-likeness (QED) is 0.840. The number of hydrogen-bond donors (Lipinski definition) is 0. The number of carbonyl (C=O) groups excluding carboxylic acids is 1. The fourth-order valence-electron chi connectivity index (χ4n) is 3.17. The van der Waals surface area contributed by atoms with E-state index in [1.54, 1.807) is 0 Å². The molecule has 1 aromatic carbocycles. The van der Waals surface area contributed by atoms with Gasteiger partial charge >= 0.3 is 0 Å². The highest BCUT2D eigenvalue weighted by molar-refractivity contribution is 7.91. The van der Waals surface area contributed by atoms with Gasteiger partial charge in [0.15, 0.2) is 0 Å². The Balaban J connectivity index is 1.91. The third kappa shape index (κ3) is 4.67. The van der Waals surface area contributed by atoms with Gasteiger partial charge in [0.05, 0.1) is 5.25 Å². The summed E-state index contributed by atoms with van der Waals surface area (Å²) in [6.07, 6.45) is 5.48. The highest BCUT2D eigenvalue weighted by atomic mass is 32.2. The second-order valence-electron chi connectivity index (χ2n) is 6.27. The van der Waals surface area contributed by atoms with Crippen molar-refractivity contribution >= 4 is 15.6 Å². The molecular weight excluding hydrogens is 284 g/mol. The summed E-state index contributed by atoms with van der Waals surface area (Å²) in [7, 11) is -3.02. The van der Waals surface area contributed by atoms with Crippen molar-refractivity contribution in [2.45, 2.75) is 50.7 Å². The van der Waals surface area contributed by atoms with Gasteiger partial charge in [-0.1, -0.05) is 36.2 Å². The largest absolute Gasteiger partial charge is 0.299 e. The molecule has 3 nitrogen and oxygen atoms in total. The Labute approximate surface area is 127 Å². The van der Waals surface area contributed by atoms with Crippen LogP contribution < -0.4 is 0 Å². The van der Waals surface area contributed by atoms with Crippen LogP contribution >= 0.6 is 0 Å². The summed E-state index contributed by atoms with van der Waals surface area (Å²) in [5.41, 5.74) is 2.38. The van der Waals surface area contributed by atoms with Crippen molar-refractivity contribution in [3.63, 3.8) is 0 Å². The second kappa shape index (κ2) is 6.73. The molecule has 0 N–H and O–H groups in total. The fourth-order valence-corrected chi connectivity index (χ4v) is 4.34. The predicted molar refractivity (Wildman–Crippen MR) is 85.1 cm³/mol. The van der Waals surface area contributed by atoms with Crippen LogP contribution in [-0.2, 0) is 21.1 Å². The molecule has 4 heteroatoms. The van der Waals surface area contributed by atoms with E-state index in [-0.39, 0.29) is 17.0 Å². The van der Waals surface area contributed by atoms with E-state index in [0.717, 1.165) is 19.3 Å². The first-order valence-corrected chi connectivity index (χ1v) is 9.59. The summed E-state index contributed by atoms with van der Waals surface area (Å²) >= 11 is 0. The summed E-state index contributed by atoms with van der Waals surface area (Å²) in [6.45, 7) is 2.04. The van der Waals surface area contributed by atoms with E-state index in [9.17, 15) is 13.2 Å². The number of benzene rings is 1. The number of carbonyl (C=O) groups is 1. The average Bonchev–Trinajstić information content (AvgIpc) is 2.44. The van der Waals surface area contributed by atoms with E-state index < -0.39 is 9.84 Å². The lowest BCUT2D eigenvalue weighted by Crippen LogP contribution is -2.31. The second-order valence-corrected chi connectivity index (χ2v) is 8.60. The van der Waals surface area contributed by atoms with E-state index in [4.69, 9.17) is 0 Å². The smallest absolute Gasteiger partial charge is 0.150 e. The Kier molecular flexibility index (Phi) is 5.20. The summed E-state index contributed by atoms with van der Waals surface area (Å²) in [5, 5.41) is -0.320. The lowest BCUT2D eigenvalue weighted by Gasteiger charge is -2.27. The van der Waals surface area contributed by atoms with Crippen molar-refractivity contribution < 1.29 is 13.2 Å². The lowest BCUT2D eigenvalue weighted by molar-refractivity contribution is -0.123. The normalized spacial score (nSPS) is 23.0. The maximum Gasteiger partial charge on any atom is 0.150 e. The zero-order valence-corrected chi connectivity index (χ0v) is 13.7. The number of aryl methyl sites for hydroxylation is 2. The first kappa shape index (κ1) is 16.2. The van der Waals surface area contributed by atoms with Gasteiger partial charge < -0.3 is 0 Å². The molecule has 1 saturated carbocycles. The molecule has 0 amide bonds. The molecule has 0 spiro atoms. The molecule has 2 rings (SSSR count). The lowest BCUT2D eigenvalue weighted by atomic mass is 9.84. The first-order chi connectivity index (χ1) is 9.86. The summed E-state index contributed by atoms with van der Waals surface area (Å²) in [4.78, 5) is 12.3. The molecule has 21 heavy (non-hydrogen) atoms. The third-order valence-electron chi connectivity index (χ3n) is 4.43. The molecule has 1 aliphatic carbocycles. The predicted octanol–water partition coefficient (Wildman–Crippen LogP) is 3.10. The maximum absolute atomic E-state index is 12.3. The molecule has 2 atom stereocenters. The van der Waals surface area contributed by atoms with Crippen LogP contribution in [0.5, 0.6) is 0 Å². The van der Waals surface area contributed by atoms with E-state index in [1.807, 2.05) is 25.1 Å². The maximum atomic E-state index is 12.3. The number of ketones is 1. The molecule has 0 bridgehead atoms. The van der Waals surface area contributed by atoms with Crippen molar-refractivity contribution in [2.24, 2.45) is 5.92 Å². The van der Waals surface area contributed by atoms with Crippen molar-refractivity contribution in [3.8, 4) is 0 Å². The van der Waals surface area contributed by atoms with Gasteiger partial charge in [-0.05, 0) is 38.2 Å². The number of Topliss-reactive ketones (excluding diaryl/α,β-unsaturated/α-hetero) is 1. The Morgan fingerprint density at radius 1 is 1.29 bits per heavy atom. The van der Waals surface area contributed by atoms with E-state index in [2.05, 4.69) is 6.07 Å². The Morgan fingerprint density at radius 3 is 2.71 bits per heavy atom. The number of hydrogen-bond acceptors (Lipinski definition) is 3. The minimum atomic E-state index is -3.02. The van der Waals surface area contributed by atoms with Crippen LogP contribution in [0, 0.1) is 12.8 Å². The molecule has 0 radical (unpaired) electrons. The summed E-state index contributed by atoms with van der Waals surface area (Å²) < 4.78 is 23.3. The zero-order chi connectivity index (χ0) is 15.5. The molecule has 0 heterocycles. The molecule has 0 aliphatic heterocycles. The number of sulfone groups is 1. The standard InChI is InChI=1S/C17H24O3S/c1-13-5-3-6-14(11-13)9-10-17(18)15-7-4-8-16(12-15)21(2,19)20/h3,5-6,11,15-16H,4,7-10,12H2,1-2H3. The average molecular weight is 308 g/mol.